The quantitative estimate of drug-likeness (QED) is 0.484. The highest BCUT2D eigenvalue weighted by atomic mass is 35.5. The molecule has 0 radical (unpaired) electrons. The summed E-state index contributed by atoms with van der Waals surface area (Å²) in [4.78, 5) is 12.7. The number of carbonyl (C=O) groups excluding carboxylic acids is 1. The lowest BCUT2D eigenvalue weighted by Gasteiger charge is -2.12. The Labute approximate surface area is 187 Å². The van der Waals surface area contributed by atoms with Gasteiger partial charge < -0.3 is 10.1 Å². The van der Waals surface area contributed by atoms with Gasteiger partial charge in [0.2, 0.25) is 0 Å². The normalized spacial score (nSPS) is 11.1. The molecule has 0 spiro atoms. The van der Waals surface area contributed by atoms with Crippen LogP contribution in [0.3, 0.4) is 0 Å². The van der Waals surface area contributed by atoms with E-state index in [1.807, 2.05) is 38.1 Å². The molecule has 0 aliphatic rings. The van der Waals surface area contributed by atoms with E-state index in [0.29, 0.717) is 0 Å². The average Bonchev–Trinajstić information content (AvgIpc) is 2.72. The number of amides is 1. The van der Waals surface area contributed by atoms with E-state index in [-0.39, 0.29) is 34.3 Å². The molecule has 3 rings (SSSR count). The van der Waals surface area contributed by atoms with Gasteiger partial charge in [-0.2, -0.15) is 0 Å². The minimum absolute atomic E-state index is 0.132. The van der Waals surface area contributed by atoms with Gasteiger partial charge in [0.25, 0.3) is 15.9 Å². The summed E-state index contributed by atoms with van der Waals surface area (Å²) in [7, 11) is -3.79. The molecule has 162 valence electrons. The third-order valence-electron chi connectivity index (χ3n) is 4.44. The minimum Gasteiger partial charge on any atom is -0.492 e. The molecule has 0 aliphatic heterocycles. The number of rotatable bonds is 8. The van der Waals surface area contributed by atoms with Crippen LogP contribution in [0.25, 0.3) is 0 Å². The summed E-state index contributed by atoms with van der Waals surface area (Å²) in [5, 5.41) is 2.94. The Kier molecular flexibility index (Phi) is 7.20. The molecule has 0 unspecified atom stereocenters. The number of nitrogens with one attached hydrogen (secondary N) is 2. The van der Waals surface area contributed by atoms with Crippen LogP contribution in [0.15, 0.2) is 71.6 Å². The van der Waals surface area contributed by atoms with E-state index in [1.54, 1.807) is 12.1 Å². The van der Waals surface area contributed by atoms with Crippen LogP contribution < -0.4 is 14.8 Å². The summed E-state index contributed by atoms with van der Waals surface area (Å²) in [6, 6.07) is 18.5. The van der Waals surface area contributed by atoms with E-state index in [2.05, 4.69) is 10.0 Å². The van der Waals surface area contributed by atoms with Crippen molar-refractivity contribution in [3.63, 3.8) is 0 Å². The van der Waals surface area contributed by atoms with Gasteiger partial charge in [-0.3, -0.25) is 9.52 Å². The number of hydrogen-bond acceptors (Lipinski definition) is 4. The van der Waals surface area contributed by atoms with E-state index in [4.69, 9.17) is 16.3 Å². The van der Waals surface area contributed by atoms with Crippen LogP contribution in [0, 0.1) is 13.8 Å². The standard InChI is InChI=1S/C23H23ClN2O4S/c1-16-6-9-20(10-7-16)31(28,29)26-18-8-11-22(24)21(15-18)23(27)25-12-13-30-19-5-3-4-17(2)14-19/h3-11,14-15,26H,12-13H2,1-2H3,(H,25,27). The van der Waals surface area contributed by atoms with E-state index in [1.165, 1.54) is 30.3 Å². The van der Waals surface area contributed by atoms with Crippen molar-refractivity contribution >= 4 is 33.2 Å². The molecule has 0 saturated heterocycles. The number of ether oxygens (including phenoxy) is 1. The van der Waals surface area contributed by atoms with Crippen LogP contribution >= 0.6 is 11.6 Å². The van der Waals surface area contributed by atoms with Crippen molar-refractivity contribution in [1.82, 2.24) is 5.32 Å². The second kappa shape index (κ2) is 9.85. The third-order valence-corrected chi connectivity index (χ3v) is 6.17. The van der Waals surface area contributed by atoms with Crippen LogP contribution in [0.5, 0.6) is 5.75 Å². The smallest absolute Gasteiger partial charge is 0.261 e. The Balaban J connectivity index is 1.63. The summed E-state index contributed by atoms with van der Waals surface area (Å²) in [5.41, 5.74) is 2.45. The second-order valence-electron chi connectivity index (χ2n) is 7.03. The molecule has 31 heavy (non-hydrogen) atoms. The topological polar surface area (TPSA) is 84.5 Å². The fourth-order valence-corrected chi connectivity index (χ4v) is 4.08. The summed E-state index contributed by atoms with van der Waals surface area (Å²) >= 11 is 6.15. The number of carbonyl (C=O) groups is 1. The van der Waals surface area contributed by atoms with Crippen molar-refractivity contribution < 1.29 is 17.9 Å². The Morgan fingerprint density at radius 1 is 0.968 bits per heavy atom. The molecule has 0 bridgehead atoms. The van der Waals surface area contributed by atoms with E-state index < -0.39 is 15.9 Å². The fraction of sp³-hybridized carbons (Fsp3) is 0.174. The molecule has 3 aromatic rings. The van der Waals surface area contributed by atoms with Crippen LogP contribution in [0.1, 0.15) is 21.5 Å². The summed E-state index contributed by atoms with van der Waals surface area (Å²) in [6.45, 7) is 4.39. The van der Waals surface area contributed by atoms with Gasteiger partial charge >= 0.3 is 0 Å². The molecule has 0 fully saturated rings. The van der Waals surface area contributed by atoms with Gasteiger partial charge in [0.05, 0.1) is 22.0 Å². The largest absolute Gasteiger partial charge is 0.492 e. The van der Waals surface area contributed by atoms with Crippen molar-refractivity contribution in [3.8, 4) is 5.75 Å². The number of halogens is 1. The van der Waals surface area contributed by atoms with E-state index in [0.717, 1.165) is 16.9 Å². The maximum atomic E-state index is 12.6. The highest BCUT2D eigenvalue weighted by molar-refractivity contribution is 7.92. The molecule has 0 aromatic heterocycles. The lowest BCUT2D eigenvalue weighted by Crippen LogP contribution is -2.28. The highest BCUT2D eigenvalue weighted by Crippen LogP contribution is 2.23. The molecule has 0 heterocycles. The first-order valence-electron chi connectivity index (χ1n) is 9.61. The zero-order chi connectivity index (χ0) is 22.4. The van der Waals surface area contributed by atoms with Gasteiger partial charge in [0.1, 0.15) is 12.4 Å². The molecule has 0 aliphatic carbocycles. The SMILES string of the molecule is Cc1ccc(S(=O)(=O)Nc2ccc(Cl)c(C(=O)NCCOc3cccc(C)c3)c2)cc1. The van der Waals surface area contributed by atoms with E-state index >= 15 is 0 Å². The monoisotopic (exact) mass is 458 g/mol. The second-order valence-corrected chi connectivity index (χ2v) is 9.12. The highest BCUT2D eigenvalue weighted by Gasteiger charge is 2.16. The Morgan fingerprint density at radius 2 is 1.71 bits per heavy atom. The molecule has 2 N–H and O–H groups in total. The Morgan fingerprint density at radius 3 is 2.42 bits per heavy atom. The van der Waals surface area contributed by atoms with Gasteiger partial charge in [0.15, 0.2) is 0 Å². The number of anilines is 1. The predicted octanol–water partition coefficient (Wildman–Crippen LogP) is 4.57. The van der Waals surface area contributed by atoms with Gasteiger partial charge in [0, 0.05) is 5.69 Å². The molecule has 0 saturated carbocycles. The number of sulfonamides is 1. The van der Waals surface area contributed by atoms with Crippen LogP contribution in [0.4, 0.5) is 5.69 Å². The minimum atomic E-state index is -3.79. The fourth-order valence-electron chi connectivity index (χ4n) is 2.83. The van der Waals surface area contributed by atoms with Crippen molar-refractivity contribution in [1.29, 1.82) is 0 Å². The van der Waals surface area contributed by atoms with Crippen molar-refractivity contribution in [2.45, 2.75) is 18.7 Å². The van der Waals surface area contributed by atoms with E-state index in [9.17, 15) is 13.2 Å². The molecule has 1 amide bonds. The zero-order valence-corrected chi connectivity index (χ0v) is 18.8. The first-order valence-corrected chi connectivity index (χ1v) is 11.5. The summed E-state index contributed by atoms with van der Waals surface area (Å²) in [6.07, 6.45) is 0. The molecule has 8 heteroatoms. The predicted molar refractivity (Wildman–Crippen MR) is 122 cm³/mol. The van der Waals surface area contributed by atoms with Gasteiger partial charge in [-0.05, 0) is 61.9 Å². The average molecular weight is 459 g/mol. The molecular formula is C23H23ClN2O4S. The first-order chi connectivity index (χ1) is 14.7. The summed E-state index contributed by atoms with van der Waals surface area (Å²) < 4.78 is 33.3. The van der Waals surface area contributed by atoms with Gasteiger partial charge in [-0.25, -0.2) is 8.42 Å². The molecule has 3 aromatic carbocycles. The molecular weight excluding hydrogens is 436 g/mol. The first kappa shape index (κ1) is 22.7. The molecule has 6 nitrogen and oxygen atoms in total. The van der Waals surface area contributed by atoms with Gasteiger partial charge in [-0.15, -0.1) is 0 Å². The summed E-state index contributed by atoms with van der Waals surface area (Å²) in [5.74, 6) is 0.300. The maximum absolute atomic E-state index is 12.6. The Hall–Kier alpha value is -3.03. The lowest BCUT2D eigenvalue weighted by molar-refractivity contribution is 0.0947. The van der Waals surface area contributed by atoms with Crippen molar-refractivity contribution in [2.24, 2.45) is 0 Å². The molecule has 0 atom stereocenters. The Bertz CT molecular complexity index is 1180. The number of hydrogen-bond donors (Lipinski definition) is 2. The van der Waals surface area contributed by atoms with Crippen molar-refractivity contribution in [2.75, 3.05) is 17.9 Å². The van der Waals surface area contributed by atoms with Crippen LogP contribution in [-0.4, -0.2) is 27.5 Å². The van der Waals surface area contributed by atoms with Gasteiger partial charge in [-0.1, -0.05) is 41.4 Å². The number of benzene rings is 3. The van der Waals surface area contributed by atoms with Crippen LogP contribution in [-0.2, 0) is 10.0 Å². The lowest BCUT2D eigenvalue weighted by atomic mass is 10.2. The van der Waals surface area contributed by atoms with Crippen molar-refractivity contribution in [3.05, 3.63) is 88.4 Å². The number of aryl methyl sites for hydroxylation is 2. The van der Waals surface area contributed by atoms with Crippen LogP contribution in [0.2, 0.25) is 5.02 Å². The third kappa shape index (κ3) is 6.23. The zero-order valence-electron chi connectivity index (χ0n) is 17.2. The maximum Gasteiger partial charge on any atom is 0.261 e.